The number of nitrogens with zero attached hydrogens (tertiary/aromatic N) is 3. The Morgan fingerprint density at radius 1 is 1.10 bits per heavy atom. The van der Waals surface area contributed by atoms with Gasteiger partial charge in [0.1, 0.15) is 5.82 Å². The van der Waals surface area contributed by atoms with Crippen LogP contribution in [0.25, 0.3) is 33.5 Å². The number of aromatic amines is 1. The highest BCUT2D eigenvalue weighted by atomic mass is 15.1. The fourth-order valence-electron chi connectivity index (χ4n) is 2.82. The summed E-state index contributed by atoms with van der Waals surface area (Å²) in [5, 5.41) is 0. The predicted molar refractivity (Wildman–Crippen MR) is 85.1 cm³/mol. The second kappa shape index (κ2) is 4.74. The Kier molecular flexibility index (Phi) is 2.74. The van der Waals surface area contributed by atoms with Gasteiger partial charge in [0.05, 0.1) is 28.4 Å². The number of benzene rings is 2. The van der Waals surface area contributed by atoms with Gasteiger partial charge in [0.15, 0.2) is 0 Å². The van der Waals surface area contributed by atoms with Crippen LogP contribution < -0.4 is 0 Å². The molecule has 1 N–H and O–H groups in total. The number of nitrogens with one attached hydrogen (secondary N) is 1. The molecule has 0 radical (unpaired) electrons. The van der Waals surface area contributed by atoms with E-state index in [0.717, 1.165) is 40.9 Å². The lowest BCUT2D eigenvalue weighted by Crippen LogP contribution is -1.99. The maximum atomic E-state index is 4.82. The molecule has 2 heterocycles. The van der Waals surface area contributed by atoms with Gasteiger partial charge in [-0.05, 0) is 36.8 Å². The first-order valence-electron chi connectivity index (χ1n) is 7.25. The Hall–Kier alpha value is -2.62. The third-order valence-electron chi connectivity index (χ3n) is 3.78. The third-order valence-corrected chi connectivity index (χ3v) is 3.78. The average molecular weight is 276 g/mol. The maximum Gasteiger partial charge on any atom is 0.141 e. The van der Waals surface area contributed by atoms with Gasteiger partial charge in [-0.1, -0.05) is 19.1 Å². The molecule has 4 nitrogen and oxygen atoms in total. The first-order chi connectivity index (χ1) is 10.4. The zero-order valence-corrected chi connectivity index (χ0v) is 11.9. The van der Waals surface area contributed by atoms with Gasteiger partial charge in [0.2, 0.25) is 0 Å². The van der Waals surface area contributed by atoms with Crippen molar-refractivity contribution in [3.8, 4) is 11.4 Å². The molecule has 2 aromatic heterocycles. The third kappa shape index (κ3) is 1.91. The van der Waals surface area contributed by atoms with Crippen molar-refractivity contribution in [2.45, 2.75) is 19.9 Å². The molecule has 2 aromatic carbocycles. The monoisotopic (exact) mass is 276 g/mol. The summed E-state index contributed by atoms with van der Waals surface area (Å²) in [6, 6.07) is 14.6. The van der Waals surface area contributed by atoms with E-state index in [1.165, 1.54) is 5.52 Å². The highest BCUT2D eigenvalue weighted by molar-refractivity contribution is 5.84. The summed E-state index contributed by atoms with van der Waals surface area (Å²) in [7, 11) is 0. The van der Waals surface area contributed by atoms with Crippen LogP contribution in [0.3, 0.4) is 0 Å². The fourth-order valence-corrected chi connectivity index (χ4v) is 2.82. The summed E-state index contributed by atoms with van der Waals surface area (Å²) in [4.78, 5) is 12.3. The zero-order chi connectivity index (χ0) is 14.2. The molecule has 0 aliphatic carbocycles. The zero-order valence-electron chi connectivity index (χ0n) is 11.9. The summed E-state index contributed by atoms with van der Waals surface area (Å²) >= 11 is 0. The van der Waals surface area contributed by atoms with Gasteiger partial charge in [0.25, 0.3) is 0 Å². The molecule has 0 saturated heterocycles. The lowest BCUT2D eigenvalue weighted by Gasteiger charge is -2.07. The number of fused-ring (bicyclic) bond motifs is 2. The van der Waals surface area contributed by atoms with Crippen LogP contribution in [-0.4, -0.2) is 19.5 Å². The van der Waals surface area contributed by atoms with Crippen LogP contribution in [0.15, 0.2) is 48.8 Å². The number of rotatable bonds is 3. The maximum absolute atomic E-state index is 4.82. The van der Waals surface area contributed by atoms with Gasteiger partial charge in [-0.3, -0.25) is 0 Å². The van der Waals surface area contributed by atoms with Crippen molar-refractivity contribution in [3.63, 3.8) is 0 Å². The molecule has 4 heteroatoms. The molecule has 0 spiro atoms. The van der Waals surface area contributed by atoms with Gasteiger partial charge in [-0.2, -0.15) is 0 Å². The normalized spacial score (nSPS) is 11.5. The van der Waals surface area contributed by atoms with Gasteiger partial charge >= 0.3 is 0 Å². The van der Waals surface area contributed by atoms with Crippen molar-refractivity contribution in [2.24, 2.45) is 0 Å². The largest absolute Gasteiger partial charge is 0.345 e. The van der Waals surface area contributed by atoms with Crippen LogP contribution >= 0.6 is 0 Å². The minimum Gasteiger partial charge on any atom is -0.345 e. The topological polar surface area (TPSA) is 46.5 Å². The highest BCUT2D eigenvalue weighted by Crippen LogP contribution is 2.27. The van der Waals surface area contributed by atoms with Crippen LogP contribution in [0.4, 0.5) is 0 Å². The van der Waals surface area contributed by atoms with Gasteiger partial charge in [-0.15, -0.1) is 0 Å². The van der Waals surface area contributed by atoms with E-state index in [9.17, 15) is 0 Å². The number of hydrogen-bond donors (Lipinski definition) is 1. The van der Waals surface area contributed by atoms with Crippen molar-refractivity contribution < 1.29 is 0 Å². The Bertz CT molecular complexity index is 917. The SMILES string of the molecule is CCCn1c(-c2ccc3nc[nH]c3c2)nc2ccccc21. The molecule has 0 unspecified atom stereocenters. The van der Waals surface area contributed by atoms with Crippen molar-refractivity contribution >= 4 is 22.1 Å². The van der Waals surface area contributed by atoms with Crippen LogP contribution in [0.1, 0.15) is 13.3 Å². The van der Waals surface area contributed by atoms with Crippen molar-refractivity contribution in [1.82, 2.24) is 19.5 Å². The minimum absolute atomic E-state index is 0.969. The molecule has 0 fully saturated rings. The van der Waals surface area contributed by atoms with Crippen molar-refractivity contribution in [2.75, 3.05) is 0 Å². The summed E-state index contributed by atoms with van der Waals surface area (Å²) in [6.45, 7) is 3.16. The van der Waals surface area contributed by atoms with E-state index < -0.39 is 0 Å². The summed E-state index contributed by atoms with van der Waals surface area (Å²) in [5.41, 5.74) is 5.39. The van der Waals surface area contributed by atoms with Gasteiger partial charge in [0, 0.05) is 12.1 Å². The molecule has 21 heavy (non-hydrogen) atoms. The molecular weight excluding hydrogens is 260 g/mol. The summed E-state index contributed by atoms with van der Waals surface area (Å²) < 4.78 is 2.30. The molecule has 0 atom stereocenters. The van der Waals surface area contributed by atoms with Crippen LogP contribution in [0, 0.1) is 0 Å². The Morgan fingerprint density at radius 2 is 2.00 bits per heavy atom. The molecule has 0 aliphatic rings. The molecule has 0 saturated carbocycles. The fraction of sp³-hybridized carbons (Fsp3) is 0.176. The van der Waals surface area contributed by atoms with Crippen LogP contribution in [-0.2, 0) is 6.54 Å². The van der Waals surface area contributed by atoms with Crippen molar-refractivity contribution in [1.29, 1.82) is 0 Å². The second-order valence-corrected chi connectivity index (χ2v) is 5.21. The molecule has 0 aliphatic heterocycles. The predicted octanol–water partition coefficient (Wildman–Crippen LogP) is 3.99. The molecule has 0 bridgehead atoms. The first kappa shape index (κ1) is 12.1. The van der Waals surface area contributed by atoms with E-state index in [4.69, 9.17) is 4.98 Å². The number of hydrogen-bond acceptors (Lipinski definition) is 2. The second-order valence-electron chi connectivity index (χ2n) is 5.21. The molecule has 4 rings (SSSR count). The van der Waals surface area contributed by atoms with Gasteiger partial charge < -0.3 is 9.55 Å². The van der Waals surface area contributed by atoms with E-state index in [-0.39, 0.29) is 0 Å². The quantitative estimate of drug-likeness (QED) is 0.615. The van der Waals surface area contributed by atoms with E-state index in [1.807, 2.05) is 12.1 Å². The number of imidazole rings is 2. The average Bonchev–Trinajstić information content (AvgIpc) is 3.11. The van der Waals surface area contributed by atoms with Crippen LogP contribution in [0.2, 0.25) is 0 Å². The van der Waals surface area contributed by atoms with Crippen LogP contribution in [0.5, 0.6) is 0 Å². The minimum atomic E-state index is 0.969. The van der Waals surface area contributed by atoms with E-state index in [2.05, 4.69) is 51.8 Å². The van der Waals surface area contributed by atoms with E-state index in [1.54, 1.807) is 6.33 Å². The highest BCUT2D eigenvalue weighted by Gasteiger charge is 2.12. The smallest absolute Gasteiger partial charge is 0.141 e. The number of para-hydroxylation sites is 2. The Labute approximate surface area is 122 Å². The Balaban J connectivity index is 1.97. The first-order valence-corrected chi connectivity index (χ1v) is 7.25. The summed E-state index contributed by atoms with van der Waals surface area (Å²) in [5.74, 6) is 1.02. The lowest BCUT2D eigenvalue weighted by atomic mass is 10.2. The number of H-pyrrole nitrogens is 1. The van der Waals surface area contributed by atoms with Gasteiger partial charge in [-0.25, -0.2) is 9.97 Å². The Morgan fingerprint density at radius 3 is 2.90 bits per heavy atom. The molecule has 104 valence electrons. The summed E-state index contributed by atoms with van der Waals surface area (Å²) in [6.07, 6.45) is 2.81. The standard InChI is InChI=1S/C17H16N4/c1-2-9-21-16-6-4-3-5-14(16)20-17(21)12-7-8-13-15(10-12)19-11-18-13/h3-8,10-11H,2,9H2,1H3,(H,18,19). The van der Waals surface area contributed by atoms with Crippen molar-refractivity contribution in [3.05, 3.63) is 48.8 Å². The van der Waals surface area contributed by atoms with E-state index >= 15 is 0 Å². The molecular formula is C17H16N4. The number of aryl methyl sites for hydroxylation is 1. The lowest BCUT2D eigenvalue weighted by molar-refractivity contribution is 0.704. The molecule has 4 aromatic rings. The molecule has 0 amide bonds. The number of aromatic nitrogens is 4. The van der Waals surface area contributed by atoms with E-state index in [0.29, 0.717) is 0 Å².